The van der Waals surface area contributed by atoms with E-state index in [1.54, 1.807) is 12.3 Å². The van der Waals surface area contributed by atoms with E-state index < -0.39 is 11.7 Å². The van der Waals surface area contributed by atoms with Crippen LogP contribution in [0.2, 0.25) is 0 Å². The standard InChI is InChI=1S/C10H15BrN2O2/c1-7(11)8-5-6-13(12-8)9(14)15-10(2,3)4/h5-7H,1-4H3. The van der Waals surface area contributed by atoms with Crippen molar-refractivity contribution < 1.29 is 9.53 Å². The third-order valence-electron chi connectivity index (χ3n) is 1.60. The Hall–Kier alpha value is -0.840. The zero-order valence-corrected chi connectivity index (χ0v) is 10.9. The van der Waals surface area contributed by atoms with E-state index in [2.05, 4.69) is 21.0 Å². The summed E-state index contributed by atoms with van der Waals surface area (Å²) in [6, 6.07) is 1.78. The first kappa shape index (κ1) is 12.2. The van der Waals surface area contributed by atoms with Gasteiger partial charge in [0.15, 0.2) is 0 Å². The third-order valence-corrected chi connectivity index (χ3v) is 2.07. The molecular formula is C10H15BrN2O2. The van der Waals surface area contributed by atoms with E-state index in [0.717, 1.165) is 5.69 Å². The minimum absolute atomic E-state index is 0.126. The van der Waals surface area contributed by atoms with Gasteiger partial charge in [-0.3, -0.25) is 0 Å². The number of carbonyl (C=O) groups is 1. The maximum absolute atomic E-state index is 11.6. The van der Waals surface area contributed by atoms with Gasteiger partial charge in [-0.1, -0.05) is 15.9 Å². The predicted octanol–water partition coefficient (Wildman–Crippen LogP) is 3.12. The first-order valence-electron chi connectivity index (χ1n) is 4.72. The number of nitrogens with zero attached hydrogens (tertiary/aromatic N) is 2. The van der Waals surface area contributed by atoms with Crippen molar-refractivity contribution in [3.63, 3.8) is 0 Å². The van der Waals surface area contributed by atoms with Gasteiger partial charge in [-0.25, -0.2) is 4.79 Å². The Morgan fingerprint density at radius 3 is 2.60 bits per heavy atom. The van der Waals surface area contributed by atoms with Crippen molar-refractivity contribution in [2.75, 3.05) is 0 Å². The van der Waals surface area contributed by atoms with Crippen LogP contribution in [0.4, 0.5) is 4.79 Å². The molecule has 1 unspecified atom stereocenters. The molecule has 0 saturated heterocycles. The molecule has 84 valence electrons. The monoisotopic (exact) mass is 274 g/mol. The molecule has 0 aromatic carbocycles. The van der Waals surface area contributed by atoms with Crippen LogP contribution < -0.4 is 0 Å². The first-order chi connectivity index (χ1) is 6.79. The maximum Gasteiger partial charge on any atom is 0.435 e. The molecule has 0 saturated carbocycles. The maximum atomic E-state index is 11.6. The summed E-state index contributed by atoms with van der Waals surface area (Å²) in [5.41, 5.74) is 0.310. The molecule has 0 aliphatic rings. The van der Waals surface area contributed by atoms with Gasteiger partial charge in [-0.2, -0.15) is 9.78 Å². The van der Waals surface area contributed by atoms with Gasteiger partial charge >= 0.3 is 6.09 Å². The summed E-state index contributed by atoms with van der Waals surface area (Å²) in [7, 11) is 0. The Kier molecular flexibility index (Phi) is 3.54. The Labute approximate surface area is 97.7 Å². The van der Waals surface area contributed by atoms with Crippen LogP contribution in [0, 0.1) is 0 Å². The molecule has 4 nitrogen and oxygen atoms in total. The SMILES string of the molecule is CC(Br)c1ccn(C(=O)OC(C)(C)C)n1. The lowest BCUT2D eigenvalue weighted by Crippen LogP contribution is -2.27. The molecule has 1 atom stereocenters. The number of carbonyl (C=O) groups excluding carboxylic acids is 1. The third kappa shape index (κ3) is 3.66. The van der Waals surface area contributed by atoms with Gasteiger partial charge < -0.3 is 4.74 Å². The molecule has 0 aliphatic heterocycles. The molecule has 0 N–H and O–H groups in total. The van der Waals surface area contributed by atoms with Gasteiger partial charge in [0.05, 0.1) is 10.5 Å². The Morgan fingerprint density at radius 2 is 2.20 bits per heavy atom. The number of rotatable bonds is 1. The fourth-order valence-electron chi connectivity index (χ4n) is 0.961. The molecule has 0 spiro atoms. The van der Waals surface area contributed by atoms with E-state index in [4.69, 9.17) is 4.74 Å². The van der Waals surface area contributed by atoms with Gasteiger partial charge in [-0.05, 0) is 33.8 Å². The first-order valence-corrected chi connectivity index (χ1v) is 5.64. The fourth-order valence-corrected chi connectivity index (χ4v) is 1.20. The van der Waals surface area contributed by atoms with Crippen LogP contribution >= 0.6 is 15.9 Å². The lowest BCUT2D eigenvalue weighted by Gasteiger charge is -2.18. The van der Waals surface area contributed by atoms with Gasteiger partial charge in [-0.15, -0.1) is 0 Å². The summed E-state index contributed by atoms with van der Waals surface area (Å²) in [5.74, 6) is 0. The largest absolute Gasteiger partial charge is 0.442 e. The average molecular weight is 275 g/mol. The quantitative estimate of drug-likeness (QED) is 0.739. The highest BCUT2D eigenvalue weighted by Gasteiger charge is 2.18. The molecule has 1 aromatic rings. The minimum Gasteiger partial charge on any atom is -0.442 e. The number of hydrogen-bond donors (Lipinski definition) is 0. The van der Waals surface area contributed by atoms with E-state index in [1.807, 2.05) is 27.7 Å². The minimum atomic E-state index is -0.497. The van der Waals surface area contributed by atoms with Crippen LogP contribution in [0.3, 0.4) is 0 Å². The number of alkyl halides is 1. The molecule has 1 rings (SSSR count). The van der Waals surface area contributed by atoms with Crippen LogP contribution in [-0.4, -0.2) is 21.5 Å². The average Bonchev–Trinajstić information content (AvgIpc) is 2.47. The molecule has 0 fully saturated rings. The molecule has 0 aliphatic carbocycles. The second-order valence-electron chi connectivity index (χ2n) is 4.28. The van der Waals surface area contributed by atoms with Crippen LogP contribution in [0.25, 0.3) is 0 Å². The van der Waals surface area contributed by atoms with Crippen molar-refractivity contribution in [2.24, 2.45) is 0 Å². The van der Waals surface area contributed by atoms with Gasteiger partial charge in [0.2, 0.25) is 0 Å². The molecule has 0 bridgehead atoms. The van der Waals surface area contributed by atoms with Crippen molar-refractivity contribution in [3.05, 3.63) is 18.0 Å². The number of halogens is 1. The number of aromatic nitrogens is 2. The normalized spacial score (nSPS) is 13.7. The second-order valence-corrected chi connectivity index (χ2v) is 5.66. The molecule has 0 amide bonds. The zero-order valence-electron chi connectivity index (χ0n) is 9.32. The lowest BCUT2D eigenvalue weighted by molar-refractivity contribution is 0.0514. The van der Waals surface area contributed by atoms with E-state index in [1.165, 1.54) is 4.68 Å². The van der Waals surface area contributed by atoms with Crippen molar-refractivity contribution in [1.82, 2.24) is 9.78 Å². The molecule has 5 heteroatoms. The Bertz CT molecular complexity index is 353. The molecular weight excluding hydrogens is 260 g/mol. The molecule has 1 aromatic heterocycles. The fraction of sp³-hybridized carbons (Fsp3) is 0.600. The summed E-state index contributed by atoms with van der Waals surface area (Å²) in [5, 5.41) is 4.09. The Morgan fingerprint density at radius 1 is 1.60 bits per heavy atom. The van der Waals surface area contributed by atoms with E-state index in [-0.39, 0.29) is 4.83 Å². The highest BCUT2D eigenvalue weighted by atomic mass is 79.9. The van der Waals surface area contributed by atoms with Crippen molar-refractivity contribution in [2.45, 2.75) is 38.1 Å². The highest BCUT2D eigenvalue weighted by molar-refractivity contribution is 9.09. The number of hydrogen-bond acceptors (Lipinski definition) is 3. The molecule has 15 heavy (non-hydrogen) atoms. The summed E-state index contributed by atoms with van der Waals surface area (Å²) < 4.78 is 6.37. The Balaban J connectivity index is 2.75. The van der Waals surface area contributed by atoms with E-state index >= 15 is 0 Å². The summed E-state index contributed by atoms with van der Waals surface area (Å²) in [4.78, 5) is 11.7. The topological polar surface area (TPSA) is 44.1 Å². The summed E-state index contributed by atoms with van der Waals surface area (Å²) in [6.07, 6.45) is 1.14. The second kappa shape index (κ2) is 4.35. The summed E-state index contributed by atoms with van der Waals surface area (Å²) >= 11 is 3.38. The van der Waals surface area contributed by atoms with Crippen molar-refractivity contribution in [3.8, 4) is 0 Å². The highest BCUT2D eigenvalue weighted by Crippen LogP contribution is 2.19. The summed E-state index contributed by atoms with van der Waals surface area (Å²) in [6.45, 7) is 7.41. The van der Waals surface area contributed by atoms with E-state index in [0.29, 0.717) is 0 Å². The predicted molar refractivity (Wildman–Crippen MR) is 61.2 cm³/mol. The van der Waals surface area contributed by atoms with Crippen molar-refractivity contribution in [1.29, 1.82) is 0 Å². The molecule has 1 heterocycles. The van der Waals surface area contributed by atoms with Crippen LogP contribution in [0.5, 0.6) is 0 Å². The van der Waals surface area contributed by atoms with Crippen molar-refractivity contribution >= 4 is 22.0 Å². The van der Waals surface area contributed by atoms with Crippen LogP contribution in [0.1, 0.15) is 38.2 Å². The van der Waals surface area contributed by atoms with Crippen LogP contribution in [0.15, 0.2) is 12.3 Å². The smallest absolute Gasteiger partial charge is 0.435 e. The molecule has 0 radical (unpaired) electrons. The zero-order chi connectivity index (χ0) is 11.6. The number of ether oxygens (including phenoxy) is 1. The van der Waals surface area contributed by atoms with Gasteiger partial charge in [0.25, 0.3) is 0 Å². The van der Waals surface area contributed by atoms with Gasteiger partial charge in [0.1, 0.15) is 5.60 Å². The van der Waals surface area contributed by atoms with E-state index in [9.17, 15) is 4.79 Å². The lowest BCUT2D eigenvalue weighted by atomic mass is 10.2. The van der Waals surface area contributed by atoms with Crippen LogP contribution in [-0.2, 0) is 4.74 Å². The van der Waals surface area contributed by atoms with Gasteiger partial charge in [0, 0.05) is 6.20 Å².